The van der Waals surface area contributed by atoms with E-state index >= 15 is 0 Å². The number of hydrogen-bond acceptors (Lipinski definition) is 5. The van der Waals surface area contributed by atoms with Gasteiger partial charge in [0.15, 0.2) is 0 Å². The molecular formula is C21H33ClN4O2. The van der Waals surface area contributed by atoms with Gasteiger partial charge in [0.25, 0.3) is 5.91 Å². The van der Waals surface area contributed by atoms with Gasteiger partial charge in [0.1, 0.15) is 5.75 Å². The number of fused-ring (bicyclic) bond motifs is 2. The van der Waals surface area contributed by atoms with Crippen molar-refractivity contribution in [2.45, 2.75) is 38.8 Å². The maximum Gasteiger partial charge on any atom is 0.255 e. The molecule has 156 valence electrons. The van der Waals surface area contributed by atoms with Gasteiger partial charge in [0, 0.05) is 50.1 Å². The van der Waals surface area contributed by atoms with Gasteiger partial charge < -0.3 is 25.6 Å². The standard InChI is InChI=1S/C21H33ClN4O2/c1-5-6-13(2)28-19-8-18(23)17(22)7-16(19)21(27)24-20-14-9-25(3)10-15(20)12-26(4)11-14/h7-8,13-15,20H,5-6,9-12,23H2,1-4H3,(H,24,27)/t13-,14?,15?,20?/m0/s1. The van der Waals surface area contributed by atoms with Crippen molar-refractivity contribution in [2.24, 2.45) is 11.8 Å². The summed E-state index contributed by atoms with van der Waals surface area (Å²) in [7, 11) is 4.31. The molecule has 0 unspecified atom stereocenters. The molecule has 28 heavy (non-hydrogen) atoms. The number of amides is 1. The third-order valence-corrected chi connectivity index (χ3v) is 6.19. The second kappa shape index (κ2) is 8.89. The van der Waals surface area contributed by atoms with Gasteiger partial charge in [-0.25, -0.2) is 0 Å². The van der Waals surface area contributed by atoms with Crippen LogP contribution in [0.2, 0.25) is 5.02 Å². The predicted octanol–water partition coefficient (Wildman–Crippen LogP) is 2.71. The molecule has 2 aliphatic heterocycles. The van der Waals surface area contributed by atoms with Crippen molar-refractivity contribution >= 4 is 23.2 Å². The SMILES string of the molecule is CCC[C@H](C)Oc1cc(N)c(Cl)cc1C(=O)NC1C2CN(C)CC1CN(C)C2. The molecule has 2 bridgehead atoms. The zero-order chi connectivity index (χ0) is 20.4. The van der Waals surface area contributed by atoms with Crippen LogP contribution < -0.4 is 15.8 Å². The van der Waals surface area contributed by atoms with Crippen LogP contribution in [0.15, 0.2) is 12.1 Å². The maximum atomic E-state index is 13.2. The lowest BCUT2D eigenvalue weighted by Crippen LogP contribution is -2.63. The number of hydrogen-bond donors (Lipinski definition) is 2. The first kappa shape index (κ1) is 21.2. The number of carbonyl (C=O) groups is 1. The van der Waals surface area contributed by atoms with E-state index in [0.29, 0.717) is 33.9 Å². The molecule has 0 saturated carbocycles. The van der Waals surface area contributed by atoms with Crippen LogP contribution >= 0.6 is 11.6 Å². The third kappa shape index (κ3) is 4.73. The lowest BCUT2D eigenvalue weighted by atomic mass is 9.79. The minimum Gasteiger partial charge on any atom is -0.490 e. The number of benzene rings is 1. The fourth-order valence-electron chi connectivity index (χ4n) is 4.70. The molecule has 1 aromatic rings. The molecule has 2 saturated heterocycles. The first-order chi connectivity index (χ1) is 13.3. The first-order valence-electron chi connectivity index (χ1n) is 10.2. The fourth-order valence-corrected chi connectivity index (χ4v) is 4.86. The lowest BCUT2D eigenvalue weighted by Gasteiger charge is -2.49. The number of nitrogen functional groups attached to an aromatic ring is 1. The molecule has 1 amide bonds. The Bertz CT molecular complexity index is 684. The summed E-state index contributed by atoms with van der Waals surface area (Å²) in [5.41, 5.74) is 6.87. The highest BCUT2D eigenvalue weighted by Crippen LogP contribution is 2.32. The van der Waals surface area contributed by atoms with Crippen molar-refractivity contribution in [3.63, 3.8) is 0 Å². The molecule has 1 atom stereocenters. The summed E-state index contributed by atoms with van der Waals surface area (Å²) in [6, 6.07) is 3.47. The summed E-state index contributed by atoms with van der Waals surface area (Å²) < 4.78 is 6.04. The molecule has 2 heterocycles. The Balaban J connectivity index is 1.81. The van der Waals surface area contributed by atoms with Crippen LogP contribution in [0.1, 0.15) is 37.0 Å². The Kier molecular flexibility index (Phi) is 6.73. The zero-order valence-corrected chi connectivity index (χ0v) is 18.1. The van der Waals surface area contributed by atoms with E-state index in [1.807, 2.05) is 6.92 Å². The molecule has 0 aromatic heterocycles. The molecule has 6 nitrogen and oxygen atoms in total. The highest BCUT2D eigenvalue weighted by Gasteiger charge is 2.41. The predicted molar refractivity (Wildman–Crippen MR) is 114 cm³/mol. The Labute approximate surface area is 173 Å². The van der Waals surface area contributed by atoms with Crippen molar-refractivity contribution in [3.05, 3.63) is 22.7 Å². The number of piperidine rings is 2. The highest BCUT2D eigenvalue weighted by atomic mass is 35.5. The van der Waals surface area contributed by atoms with E-state index in [0.717, 1.165) is 39.0 Å². The van der Waals surface area contributed by atoms with Gasteiger partial charge in [0.05, 0.1) is 22.4 Å². The summed E-state index contributed by atoms with van der Waals surface area (Å²) in [5.74, 6) is 1.21. The highest BCUT2D eigenvalue weighted by molar-refractivity contribution is 6.33. The molecule has 3 N–H and O–H groups in total. The first-order valence-corrected chi connectivity index (χ1v) is 10.6. The number of rotatable bonds is 6. The second-order valence-electron chi connectivity index (χ2n) is 8.55. The summed E-state index contributed by atoms with van der Waals surface area (Å²) in [5, 5.41) is 3.68. The van der Waals surface area contributed by atoms with Crippen LogP contribution in [-0.4, -0.2) is 68.1 Å². The van der Waals surface area contributed by atoms with Crippen LogP contribution in [0.3, 0.4) is 0 Å². The average Bonchev–Trinajstić information content (AvgIpc) is 2.59. The van der Waals surface area contributed by atoms with Gasteiger partial charge in [-0.15, -0.1) is 0 Å². The monoisotopic (exact) mass is 408 g/mol. The number of likely N-dealkylation sites (tertiary alicyclic amines) is 2. The van der Waals surface area contributed by atoms with Gasteiger partial charge in [-0.3, -0.25) is 4.79 Å². The third-order valence-electron chi connectivity index (χ3n) is 5.87. The molecule has 7 heteroatoms. The van der Waals surface area contributed by atoms with Gasteiger partial charge in [-0.05, 0) is 33.5 Å². The number of carbonyl (C=O) groups excluding carboxylic acids is 1. The van der Waals surface area contributed by atoms with E-state index in [9.17, 15) is 4.79 Å². The number of nitrogens with one attached hydrogen (secondary N) is 1. The number of anilines is 1. The smallest absolute Gasteiger partial charge is 0.255 e. The van der Waals surface area contributed by atoms with E-state index in [1.54, 1.807) is 12.1 Å². The van der Waals surface area contributed by atoms with Crippen molar-refractivity contribution in [1.29, 1.82) is 0 Å². The number of nitrogens with two attached hydrogens (primary N) is 1. The van der Waals surface area contributed by atoms with Crippen LogP contribution in [0.5, 0.6) is 5.75 Å². The molecule has 0 aliphatic carbocycles. The van der Waals surface area contributed by atoms with Crippen molar-refractivity contribution in [2.75, 3.05) is 46.0 Å². The molecule has 2 aliphatic rings. The van der Waals surface area contributed by atoms with Crippen LogP contribution in [0, 0.1) is 11.8 Å². The zero-order valence-electron chi connectivity index (χ0n) is 17.4. The maximum absolute atomic E-state index is 13.2. The van der Waals surface area contributed by atoms with Crippen molar-refractivity contribution in [3.8, 4) is 5.75 Å². The van der Waals surface area contributed by atoms with Gasteiger partial charge in [-0.2, -0.15) is 0 Å². The van der Waals surface area contributed by atoms with Crippen LogP contribution in [-0.2, 0) is 0 Å². The Morgan fingerprint density at radius 3 is 2.36 bits per heavy atom. The fraction of sp³-hybridized carbons (Fsp3) is 0.667. The largest absolute Gasteiger partial charge is 0.490 e. The summed E-state index contributed by atoms with van der Waals surface area (Å²) in [4.78, 5) is 17.9. The molecular weight excluding hydrogens is 376 g/mol. The number of nitrogens with zero attached hydrogens (tertiary/aromatic N) is 2. The summed E-state index contributed by atoms with van der Waals surface area (Å²) in [6.45, 7) is 8.08. The van der Waals surface area contributed by atoms with E-state index < -0.39 is 0 Å². The lowest BCUT2D eigenvalue weighted by molar-refractivity contribution is 0.0202. The van der Waals surface area contributed by atoms with Crippen molar-refractivity contribution in [1.82, 2.24) is 15.1 Å². The Morgan fingerprint density at radius 1 is 1.25 bits per heavy atom. The van der Waals surface area contributed by atoms with E-state index in [1.165, 1.54) is 0 Å². The average molecular weight is 409 g/mol. The minimum absolute atomic E-state index is 0.00786. The molecule has 1 aromatic carbocycles. The van der Waals surface area contributed by atoms with Crippen LogP contribution in [0.25, 0.3) is 0 Å². The summed E-state index contributed by atoms with van der Waals surface area (Å²) >= 11 is 6.23. The van der Waals surface area contributed by atoms with Crippen molar-refractivity contribution < 1.29 is 9.53 Å². The van der Waals surface area contributed by atoms with Gasteiger partial charge in [0.2, 0.25) is 0 Å². The van der Waals surface area contributed by atoms with E-state index in [4.69, 9.17) is 22.1 Å². The molecule has 0 radical (unpaired) electrons. The van der Waals surface area contributed by atoms with Crippen LogP contribution in [0.4, 0.5) is 5.69 Å². The molecule has 3 rings (SSSR count). The number of halogens is 1. The van der Waals surface area contributed by atoms with Gasteiger partial charge in [-0.1, -0.05) is 24.9 Å². The normalized spacial score (nSPS) is 26.7. The molecule has 2 fully saturated rings. The Morgan fingerprint density at radius 2 is 1.82 bits per heavy atom. The molecule has 0 spiro atoms. The van der Waals surface area contributed by atoms with E-state index in [2.05, 4.69) is 36.1 Å². The Hall–Kier alpha value is -1.50. The van der Waals surface area contributed by atoms with Gasteiger partial charge >= 0.3 is 0 Å². The number of ether oxygens (including phenoxy) is 1. The van der Waals surface area contributed by atoms with E-state index in [-0.39, 0.29) is 18.1 Å². The minimum atomic E-state index is -0.130. The topological polar surface area (TPSA) is 70.8 Å². The quantitative estimate of drug-likeness (QED) is 0.708. The summed E-state index contributed by atoms with van der Waals surface area (Å²) in [6.07, 6.45) is 1.93. The second-order valence-corrected chi connectivity index (χ2v) is 8.96.